The van der Waals surface area contributed by atoms with Crippen LogP contribution in [0.1, 0.15) is 117 Å². The summed E-state index contributed by atoms with van der Waals surface area (Å²) in [6, 6.07) is 24.6. The number of carbonyl (C=O) groups is 4. The summed E-state index contributed by atoms with van der Waals surface area (Å²) in [4.78, 5) is 54.3. The van der Waals surface area contributed by atoms with Gasteiger partial charge in [0.1, 0.15) is 17.7 Å². The molecule has 0 spiro atoms. The van der Waals surface area contributed by atoms with E-state index in [1.807, 2.05) is 24.3 Å². The van der Waals surface area contributed by atoms with E-state index in [-0.39, 0.29) is 74.4 Å². The molecule has 2 aliphatic carbocycles. The molecule has 362 valence electrons. The number of hydrogen-bond acceptors (Lipinski definition) is 8. The van der Waals surface area contributed by atoms with E-state index < -0.39 is 29.7 Å². The molecule has 4 fully saturated rings. The predicted octanol–water partition coefficient (Wildman–Crippen LogP) is 10.3. The number of ether oxygens (including phenoxy) is 2. The third kappa shape index (κ3) is 13.7. The van der Waals surface area contributed by atoms with E-state index in [2.05, 4.69) is 42.5 Å². The Balaban J connectivity index is 0.000000187. The zero-order chi connectivity index (χ0) is 48.6. The Morgan fingerprint density at radius 2 is 1.10 bits per heavy atom. The molecule has 2 saturated carbocycles. The van der Waals surface area contributed by atoms with Crippen molar-refractivity contribution in [1.82, 2.24) is 24.7 Å². The fourth-order valence-electron chi connectivity index (χ4n) is 7.88. The molecule has 19 heteroatoms. The van der Waals surface area contributed by atoms with Gasteiger partial charge in [-0.05, 0) is 136 Å². The minimum atomic E-state index is -4.93. The Labute approximate surface area is 407 Å². The van der Waals surface area contributed by atoms with Crippen molar-refractivity contribution in [1.29, 1.82) is 0 Å². The highest BCUT2D eigenvalue weighted by atomic mass is 79.9. The van der Waals surface area contributed by atoms with Crippen LogP contribution >= 0.6 is 43.2 Å². The van der Waals surface area contributed by atoms with Crippen LogP contribution < -0.4 is 20.1 Å². The van der Waals surface area contributed by atoms with Crippen molar-refractivity contribution in [3.63, 3.8) is 0 Å². The molecule has 2 saturated heterocycles. The lowest BCUT2D eigenvalue weighted by atomic mass is 10.0. The van der Waals surface area contributed by atoms with Gasteiger partial charge in [0.25, 0.3) is 35.0 Å². The standard InChI is InChI=1S/C22H22BrFN2O3.C22H23BrN2O4.C4H10F3NS/c1-29-20-10-15(5-8-18(20)23)22(28)26-12-16(24)11-19(26)13-3-2-4-14(9-13)21(27)25-17-6-7-17;1-29-20-10-15(5-8-18(20)23)22(28)25-12-17(26)11-19(25)13-3-2-4-14(9-13)21(27)24-16-6-7-16;1-3-8(4-2)9(5,6)7/h2-5,8-10,16-17,19H,6-7,11-12H2,1H3,(H,25,27);2-5,8-10,16-17,19,26H,6-7,11-12H2,1H3,(H,24,27);3-4H2,1-2H3/t16?,19-;17?,19-;/m11./s1. The number of rotatable bonds is 13. The first-order valence-electron chi connectivity index (χ1n) is 22.0. The van der Waals surface area contributed by atoms with Crippen LogP contribution in [0, 0.1) is 0 Å². The van der Waals surface area contributed by atoms with Gasteiger partial charge >= 0.3 is 0 Å². The molecule has 4 aliphatic rings. The van der Waals surface area contributed by atoms with Gasteiger partial charge in [-0.15, -0.1) is 11.7 Å². The number of hydrogen-bond donors (Lipinski definition) is 3. The molecule has 67 heavy (non-hydrogen) atoms. The van der Waals surface area contributed by atoms with Crippen LogP contribution in [0.4, 0.5) is 16.0 Å². The number of methoxy groups -OCH3 is 2. The molecule has 4 amide bonds. The van der Waals surface area contributed by atoms with Gasteiger partial charge in [-0.3, -0.25) is 19.2 Å². The average molecular weight is 1080 g/mol. The molecule has 12 nitrogen and oxygen atoms in total. The van der Waals surface area contributed by atoms with Crippen LogP contribution in [-0.4, -0.2) is 108 Å². The summed E-state index contributed by atoms with van der Waals surface area (Å²) in [5, 5.41) is 16.2. The van der Waals surface area contributed by atoms with E-state index in [0.29, 0.717) is 44.5 Å². The fraction of sp³-hybridized carbons (Fsp3) is 0.417. The third-order valence-electron chi connectivity index (χ3n) is 11.7. The third-order valence-corrected chi connectivity index (χ3v) is 14.1. The zero-order valence-corrected chi connectivity index (χ0v) is 41.5. The lowest BCUT2D eigenvalue weighted by Crippen LogP contribution is -2.32. The second-order valence-electron chi connectivity index (χ2n) is 16.6. The SMILES string of the molecule is CCN(CC)S(F)(F)F.COc1cc(C(=O)N2CC(F)C[C@@H]2c2cccc(C(=O)NC3CC3)c2)ccc1Br.COc1cc(C(=O)N2CC(O)C[C@@H]2c2cccc(C(=O)NC3CC3)c2)ccc1Br. The van der Waals surface area contributed by atoms with Gasteiger partial charge in [0.2, 0.25) is 0 Å². The molecule has 2 heterocycles. The lowest BCUT2D eigenvalue weighted by molar-refractivity contribution is 0.0712. The number of likely N-dealkylation sites (tertiary alicyclic amines) is 2. The molecule has 0 aromatic heterocycles. The van der Waals surface area contributed by atoms with Crippen molar-refractivity contribution in [2.45, 2.75) is 88.8 Å². The Morgan fingerprint density at radius 3 is 1.49 bits per heavy atom. The van der Waals surface area contributed by atoms with Crippen molar-refractivity contribution in [3.05, 3.63) is 127 Å². The summed E-state index contributed by atoms with van der Waals surface area (Å²) in [5.74, 6) is 0.468. The molecule has 2 unspecified atom stereocenters. The second kappa shape index (κ2) is 23.1. The van der Waals surface area contributed by atoms with Gasteiger partial charge in [0.05, 0.1) is 47.9 Å². The lowest BCUT2D eigenvalue weighted by Gasteiger charge is -2.25. The van der Waals surface area contributed by atoms with E-state index in [0.717, 1.165) is 45.8 Å². The highest BCUT2D eigenvalue weighted by Gasteiger charge is 2.38. The van der Waals surface area contributed by atoms with Crippen LogP contribution in [0.2, 0.25) is 0 Å². The molecule has 4 aromatic rings. The Bertz CT molecular complexity index is 2250. The number of nitrogens with one attached hydrogen (secondary N) is 2. The molecule has 4 atom stereocenters. The highest BCUT2D eigenvalue weighted by Crippen LogP contribution is 2.56. The number of β-amino-alcohol motifs (C(OH)–C–C–N with tert-alkyl or cyclic N) is 1. The van der Waals surface area contributed by atoms with E-state index in [1.54, 1.807) is 77.6 Å². The number of amides is 4. The number of aliphatic hydroxyl groups excluding tert-OH is 1. The quantitative estimate of drug-likeness (QED) is 0.113. The van der Waals surface area contributed by atoms with Crippen molar-refractivity contribution in [3.8, 4) is 11.5 Å². The minimum Gasteiger partial charge on any atom is -0.496 e. The van der Waals surface area contributed by atoms with Crippen LogP contribution in [-0.2, 0) is 0 Å². The Hall–Kier alpha value is -4.69. The van der Waals surface area contributed by atoms with Crippen LogP contribution in [0.25, 0.3) is 0 Å². The minimum absolute atomic E-state index is 0.0282. The number of alkyl halides is 1. The monoisotopic (exact) mass is 1080 g/mol. The Kier molecular flexibility index (Phi) is 17.8. The van der Waals surface area contributed by atoms with Gasteiger partial charge < -0.3 is 35.0 Å². The molecule has 8 rings (SSSR count). The van der Waals surface area contributed by atoms with Crippen molar-refractivity contribution in [2.75, 3.05) is 40.4 Å². The number of carbonyl (C=O) groups excluding carboxylic acids is 4. The van der Waals surface area contributed by atoms with E-state index >= 15 is 0 Å². The van der Waals surface area contributed by atoms with E-state index in [1.165, 1.54) is 21.0 Å². The molecular weight excluding hydrogens is 1030 g/mol. The summed E-state index contributed by atoms with van der Waals surface area (Å²) in [6.07, 6.45) is 3.02. The van der Waals surface area contributed by atoms with Crippen LogP contribution in [0.5, 0.6) is 11.5 Å². The largest absolute Gasteiger partial charge is 0.496 e. The first-order chi connectivity index (χ1) is 31.9. The maximum atomic E-state index is 14.3. The molecule has 4 aromatic carbocycles. The highest BCUT2D eigenvalue weighted by molar-refractivity contribution is 9.11. The smallest absolute Gasteiger partial charge is 0.278 e. The number of halogens is 6. The fourth-order valence-corrected chi connectivity index (χ4v) is 9.28. The predicted molar refractivity (Wildman–Crippen MR) is 257 cm³/mol. The number of nitrogens with zero attached hydrogens (tertiary/aromatic N) is 3. The maximum absolute atomic E-state index is 14.3. The normalized spacial score (nSPS) is 20.2. The number of aliphatic hydroxyl groups is 1. The van der Waals surface area contributed by atoms with Gasteiger partial charge in [-0.2, -0.15) is 4.31 Å². The van der Waals surface area contributed by atoms with Gasteiger partial charge in [-0.25, -0.2) is 4.39 Å². The number of benzene rings is 4. The van der Waals surface area contributed by atoms with Gasteiger partial charge in [-0.1, -0.05) is 38.1 Å². The molecule has 2 aliphatic heterocycles. The maximum Gasteiger partial charge on any atom is 0.278 e. The summed E-state index contributed by atoms with van der Waals surface area (Å²) in [6.45, 7) is 3.42. The zero-order valence-electron chi connectivity index (χ0n) is 37.5. The summed E-state index contributed by atoms with van der Waals surface area (Å²) in [7, 11) is 3.08. The van der Waals surface area contributed by atoms with Crippen molar-refractivity contribution >= 4 is 66.9 Å². The molecule has 0 radical (unpaired) electrons. The summed E-state index contributed by atoms with van der Waals surface area (Å²) in [5.41, 5.74) is 3.66. The molecule has 0 bridgehead atoms. The van der Waals surface area contributed by atoms with E-state index in [4.69, 9.17) is 9.47 Å². The summed E-state index contributed by atoms with van der Waals surface area (Å²) >= 11 is 1.84. The van der Waals surface area contributed by atoms with Crippen molar-refractivity contribution in [2.24, 2.45) is 0 Å². The van der Waals surface area contributed by atoms with Crippen LogP contribution in [0.3, 0.4) is 0 Å². The molecule has 3 N–H and O–H groups in total. The Morgan fingerprint density at radius 1 is 0.672 bits per heavy atom. The van der Waals surface area contributed by atoms with Gasteiger partial charge in [0.15, 0.2) is 0 Å². The van der Waals surface area contributed by atoms with Gasteiger partial charge in [0, 0.05) is 60.4 Å². The average Bonchev–Trinajstić information content (AvgIpc) is 4.24. The molecular formula is C48H55Br2F4N5O7S. The van der Waals surface area contributed by atoms with Crippen LogP contribution in [0.15, 0.2) is 93.9 Å². The first kappa shape index (κ1) is 51.7. The van der Waals surface area contributed by atoms with Crippen molar-refractivity contribution < 1.29 is 49.8 Å². The second-order valence-corrected chi connectivity index (χ2v) is 19.6. The first-order valence-corrected chi connectivity index (χ1v) is 24.9. The summed E-state index contributed by atoms with van der Waals surface area (Å²) < 4.78 is 62.1. The van der Waals surface area contributed by atoms with E-state index in [9.17, 15) is 40.3 Å². The topological polar surface area (TPSA) is 141 Å².